The normalized spacial score (nSPS) is 19.3. The van der Waals surface area contributed by atoms with Crippen LogP contribution in [0.5, 0.6) is 0 Å². The standard InChI is InChI=1S/C19H29ClN4O5S2/c1-3-22(4-2)31(28,29)24-13-11-21(12-14-24)19(25)17-15-16(7-8-18(17)20)30(26,27)23-9-5-6-10-23/h7-8,15H,3-6,9-14H2,1-2H3. The first-order chi connectivity index (χ1) is 14.6. The molecular weight excluding hydrogens is 464 g/mol. The van der Waals surface area contributed by atoms with Crippen molar-refractivity contribution in [2.24, 2.45) is 0 Å². The molecule has 0 aliphatic carbocycles. The van der Waals surface area contributed by atoms with Crippen molar-refractivity contribution < 1.29 is 21.6 Å². The van der Waals surface area contributed by atoms with Gasteiger partial charge in [-0.15, -0.1) is 0 Å². The van der Waals surface area contributed by atoms with E-state index in [2.05, 4.69) is 0 Å². The number of hydrogen-bond donors (Lipinski definition) is 0. The molecule has 174 valence electrons. The fourth-order valence-electron chi connectivity index (χ4n) is 3.91. The number of benzene rings is 1. The second kappa shape index (κ2) is 9.72. The van der Waals surface area contributed by atoms with Gasteiger partial charge in [0, 0.05) is 52.4 Å². The number of nitrogens with zero attached hydrogens (tertiary/aromatic N) is 4. The smallest absolute Gasteiger partial charge is 0.282 e. The number of carbonyl (C=O) groups is 1. The van der Waals surface area contributed by atoms with Crippen LogP contribution in [0.3, 0.4) is 0 Å². The molecule has 2 saturated heterocycles. The highest BCUT2D eigenvalue weighted by molar-refractivity contribution is 7.89. The molecule has 0 N–H and O–H groups in total. The molecule has 0 radical (unpaired) electrons. The Hall–Kier alpha value is -1.24. The van der Waals surface area contributed by atoms with Crippen molar-refractivity contribution in [1.82, 2.24) is 17.8 Å². The lowest BCUT2D eigenvalue weighted by Crippen LogP contribution is -2.54. The summed E-state index contributed by atoms with van der Waals surface area (Å²) in [6.45, 7) is 6.03. The molecule has 1 aromatic rings. The number of carbonyl (C=O) groups excluding carboxylic acids is 1. The topological polar surface area (TPSA) is 98.3 Å². The maximum absolute atomic E-state index is 13.1. The molecule has 0 saturated carbocycles. The molecule has 2 heterocycles. The van der Waals surface area contributed by atoms with Gasteiger partial charge in [0.15, 0.2) is 0 Å². The van der Waals surface area contributed by atoms with E-state index in [1.54, 1.807) is 13.8 Å². The zero-order valence-corrected chi connectivity index (χ0v) is 20.2. The van der Waals surface area contributed by atoms with E-state index in [4.69, 9.17) is 11.6 Å². The minimum absolute atomic E-state index is 0.0462. The van der Waals surface area contributed by atoms with Gasteiger partial charge in [0.2, 0.25) is 10.0 Å². The lowest BCUT2D eigenvalue weighted by Gasteiger charge is -2.36. The minimum atomic E-state index is -3.67. The van der Waals surface area contributed by atoms with Gasteiger partial charge in [0.25, 0.3) is 16.1 Å². The first-order valence-electron chi connectivity index (χ1n) is 10.5. The van der Waals surface area contributed by atoms with Gasteiger partial charge in [0.1, 0.15) is 0 Å². The predicted octanol–water partition coefficient (Wildman–Crippen LogP) is 1.47. The molecule has 3 rings (SSSR count). The summed E-state index contributed by atoms with van der Waals surface area (Å²) in [6.07, 6.45) is 1.64. The summed E-state index contributed by atoms with van der Waals surface area (Å²) in [5, 5.41) is 0.170. The van der Waals surface area contributed by atoms with Gasteiger partial charge in [-0.2, -0.15) is 21.3 Å². The van der Waals surface area contributed by atoms with E-state index in [1.807, 2.05) is 0 Å². The molecule has 0 atom stereocenters. The van der Waals surface area contributed by atoms with Crippen LogP contribution < -0.4 is 0 Å². The van der Waals surface area contributed by atoms with Crippen LogP contribution in [-0.4, -0.2) is 92.9 Å². The molecule has 9 nitrogen and oxygen atoms in total. The first kappa shape index (κ1) is 24.4. The molecule has 0 unspecified atom stereocenters. The summed E-state index contributed by atoms with van der Waals surface area (Å²) < 4.78 is 55.2. The Morgan fingerprint density at radius 3 is 2.06 bits per heavy atom. The highest BCUT2D eigenvalue weighted by Crippen LogP contribution is 2.26. The van der Waals surface area contributed by atoms with Crippen molar-refractivity contribution in [2.45, 2.75) is 31.6 Å². The molecule has 1 aromatic carbocycles. The summed E-state index contributed by atoms with van der Waals surface area (Å²) in [4.78, 5) is 14.6. The molecule has 0 aromatic heterocycles. The van der Waals surface area contributed by atoms with Crippen molar-refractivity contribution in [3.05, 3.63) is 28.8 Å². The van der Waals surface area contributed by atoms with Gasteiger partial charge in [0.05, 0.1) is 15.5 Å². The van der Waals surface area contributed by atoms with Crippen molar-refractivity contribution in [1.29, 1.82) is 0 Å². The molecule has 0 spiro atoms. The van der Waals surface area contributed by atoms with Crippen LogP contribution in [-0.2, 0) is 20.2 Å². The number of halogens is 1. The zero-order chi connectivity index (χ0) is 22.8. The van der Waals surface area contributed by atoms with Gasteiger partial charge >= 0.3 is 0 Å². The van der Waals surface area contributed by atoms with E-state index >= 15 is 0 Å². The molecule has 2 fully saturated rings. The Kier molecular flexibility index (Phi) is 7.65. The van der Waals surface area contributed by atoms with E-state index < -0.39 is 26.1 Å². The Balaban J connectivity index is 1.76. The third-order valence-electron chi connectivity index (χ3n) is 5.75. The number of sulfonamides is 1. The first-order valence-corrected chi connectivity index (χ1v) is 13.7. The minimum Gasteiger partial charge on any atom is -0.336 e. The highest BCUT2D eigenvalue weighted by atomic mass is 35.5. The van der Waals surface area contributed by atoms with E-state index in [9.17, 15) is 21.6 Å². The van der Waals surface area contributed by atoms with Crippen molar-refractivity contribution >= 4 is 37.7 Å². The Labute approximate surface area is 189 Å². The third kappa shape index (κ3) is 4.91. The van der Waals surface area contributed by atoms with Crippen LogP contribution in [0.15, 0.2) is 23.1 Å². The van der Waals surface area contributed by atoms with E-state index in [0.29, 0.717) is 26.2 Å². The van der Waals surface area contributed by atoms with Gasteiger partial charge < -0.3 is 4.90 Å². The van der Waals surface area contributed by atoms with Crippen LogP contribution in [0.25, 0.3) is 0 Å². The molecule has 12 heteroatoms. The average molecular weight is 493 g/mol. The fourth-order valence-corrected chi connectivity index (χ4v) is 7.26. The van der Waals surface area contributed by atoms with E-state index in [0.717, 1.165) is 12.8 Å². The largest absolute Gasteiger partial charge is 0.336 e. The van der Waals surface area contributed by atoms with E-state index in [-0.39, 0.29) is 41.7 Å². The highest BCUT2D eigenvalue weighted by Gasteiger charge is 2.33. The van der Waals surface area contributed by atoms with Crippen molar-refractivity contribution in [3.8, 4) is 0 Å². The van der Waals surface area contributed by atoms with Gasteiger partial charge in [-0.25, -0.2) is 8.42 Å². The average Bonchev–Trinajstić information content (AvgIpc) is 3.30. The van der Waals surface area contributed by atoms with Crippen LogP contribution in [0.4, 0.5) is 0 Å². The zero-order valence-electron chi connectivity index (χ0n) is 17.8. The molecule has 0 bridgehead atoms. The lowest BCUT2D eigenvalue weighted by atomic mass is 10.2. The molecule has 1 amide bonds. The number of amides is 1. The fraction of sp³-hybridized carbons (Fsp3) is 0.632. The molecular formula is C19H29ClN4O5S2. The van der Waals surface area contributed by atoms with Gasteiger partial charge in [-0.05, 0) is 31.0 Å². The predicted molar refractivity (Wildman–Crippen MR) is 119 cm³/mol. The Morgan fingerprint density at radius 1 is 0.935 bits per heavy atom. The van der Waals surface area contributed by atoms with Crippen LogP contribution in [0.1, 0.15) is 37.0 Å². The van der Waals surface area contributed by atoms with Crippen LogP contribution in [0, 0.1) is 0 Å². The van der Waals surface area contributed by atoms with Crippen LogP contribution >= 0.6 is 11.6 Å². The van der Waals surface area contributed by atoms with E-state index in [1.165, 1.54) is 36.0 Å². The number of hydrogen-bond acceptors (Lipinski definition) is 5. The Morgan fingerprint density at radius 2 is 1.52 bits per heavy atom. The van der Waals surface area contributed by atoms with Crippen LogP contribution in [0.2, 0.25) is 5.02 Å². The summed E-state index contributed by atoms with van der Waals surface area (Å²) in [7, 11) is -7.24. The summed E-state index contributed by atoms with van der Waals surface area (Å²) >= 11 is 6.23. The maximum atomic E-state index is 13.1. The second-order valence-corrected chi connectivity index (χ2v) is 11.8. The summed E-state index contributed by atoms with van der Waals surface area (Å²) in [6, 6.07) is 4.18. The van der Waals surface area contributed by atoms with Crippen molar-refractivity contribution in [3.63, 3.8) is 0 Å². The monoisotopic (exact) mass is 492 g/mol. The quantitative estimate of drug-likeness (QED) is 0.574. The SMILES string of the molecule is CCN(CC)S(=O)(=O)N1CCN(C(=O)c2cc(S(=O)(=O)N3CCCC3)ccc2Cl)CC1. The summed E-state index contributed by atoms with van der Waals surface area (Å²) in [5.74, 6) is -0.400. The second-order valence-electron chi connectivity index (χ2n) is 7.54. The van der Waals surface area contributed by atoms with Gasteiger partial charge in [-0.3, -0.25) is 4.79 Å². The van der Waals surface area contributed by atoms with Crippen molar-refractivity contribution in [2.75, 3.05) is 52.4 Å². The molecule has 31 heavy (non-hydrogen) atoms. The summed E-state index contributed by atoms with van der Waals surface area (Å²) in [5.41, 5.74) is 0.113. The lowest BCUT2D eigenvalue weighted by molar-refractivity contribution is 0.0694. The third-order valence-corrected chi connectivity index (χ3v) is 10.2. The van der Waals surface area contributed by atoms with Gasteiger partial charge in [-0.1, -0.05) is 25.4 Å². The number of rotatable bonds is 7. The number of piperazine rings is 1. The maximum Gasteiger partial charge on any atom is 0.282 e. The Bertz CT molecular complexity index is 1010. The molecule has 2 aliphatic heterocycles. The molecule has 2 aliphatic rings.